The number of benzene rings is 1. The maximum atomic E-state index is 12.4. The third kappa shape index (κ3) is 3.63. The molecular formula is C17H23NO3. The summed E-state index contributed by atoms with van der Waals surface area (Å²) in [5.74, 6) is -1.66. The van der Waals surface area contributed by atoms with Crippen LogP contribution in [-0.4, -0.2) is 17.0 Å². The molecule has 0 aliphatic heterocycles. The lowest BCUT2D eigenvalue weighted by Crippen LogP contribution is -2.30. The van der Waals surface area contributed by atoms with E-state index in [2.05, 4.69) is 5.32 Å². The first kappa shape index (κ1) is 15.5. The zero-order valence-corrected chi connectivity index (χ0v) is 12.8. The van der Waals surface area contributed by atoms with Gasteiger partial charge in [-0.2, -0.15) is 0 Å². The number of anilines is 1. The highest BCUT2D eigenvalue weighted by Crippen LogP contribution is 2.39. The van der Waals surface area contributed by atoms with Crippen LogP contribution in [0, 0.1) is 31.6 Å². The molecule has 2 N–H and O–H groups in total. The van der Waals surface area contributed by atoms with Gasteiger partial charge in [-0.15, -0.1) is 0 Å². The molecule has 0 aromatic heterocycles. The Bertz CT molecular complexity index is 533. The standard InChI is InChI=1S/C17H23NO3/c1-4-12-8-14(15(9-12)17(20)21)16(19)18-13-6-10(2)5-11(3)7-13/h5-7,12,14-15H,4,8-9H2,1-3H3,(H,18,19)(H,20,21)/t12?,14-,15+/m0/s1. The van der Waals surface area contributed by atoms with Crippen LogP contribution in [0.5, 0.6) is 0 Å². The molecule has 1 saturated carbocycles. The molecule has 0 bridgehead atoms. The van der Waals surface area contributed by atoms with E-state index >= 15 is 0 Å². The number of hydrogen-bond acceptors (Lipinski definition) is 2. The molecule has 1 aromatic rings. The zero-order chi connectivity index (χ0) is 15.6. The quantitative estimate of drug-likeness (QED) is 0.893. The second kappa shape index (κ2) is 6.29. The molecule has 4 heteroatoms. The van der Waals surface area contributed by atoms with Crippen LogP contribution in [0.3, 0.4) is 0 Å². The number of carboxylic acid groups (broad SMARTS) is 1. The predicted molar refractivity (Wildman–Crippen MR) is 82.2 cm³/mol. The lowest BCUT2D eigenvalue weighted by atomic mass is 9.95. The topological polar surface area (TPSA) is 66.4 Å². The average molecular weight is 289 g/mol. The lowest BCUT2D eigenvalue weighted by Gasteiger charge is -2.16. The minimum atomic E-state index is -0.855. The molecule has 1 aliphatic rings. The molecule has 0 spiro atoms. The Labute approximate surface area is 125 Å². The summed E-state index contributed by atoms with van der Waals surface area (Å²) in [7, 11) is 0. The number of amides is 1. The van der Waals surface area contributed by atoms with Crippen molar-refractivity contribution in [3.05, 3.63) is 29.3 Å². The molecule has 0 saturated heterocycles. The summed E-state index contributed by atoms with van der Waals surface area (Å²) in [5, 5.41) is 12.2. The molecule has 4 nitrogen and oxygen atoms in total. The number of rotatable bonds is 4. The van der Waals surface area contributed by atoms with E-state index in [-0.39, 0.29) is 5.91 Å². The van der Waals surface area contributed by atoms with Crippen LogP contribution in [0.25, 0.3) is 0 Å². The van der Waals surface area contributed by atoms with E-state index in [0.717, 1.165) is 23.2 Å². The molecule has 21 heavy (non-hydrogen) atoms. The van der Waals surface area contributed by atoms with E-state index in [4.69, 9.17) is 0 Å². The number of aliphatic carboxylic acids is 1. The molecule has 1 amide bonds. The van der Waals surface area contributed by atoms with Crippen molar-refractivity contribution in [2.45, 2.75) is 40.0 Å². The van der Waals surface area contributed by atoms with Gasteiger partial charge in [0, 0.05) is 5.69 Å². The number of carbonyl (C=O) groups excluding carboxylic acids is 1. The van der Waals surface area contributed by atoms with Crippen molar-refractivity contribution in [1.82, 2.24) is 0 Å². The largest absolute Gasteiger partial charge is 0.481 e. The van der Waals surface area contributed by atoms with Gasteiger partial charge in [-0.3, -0.25) is 9.59 Å². The number of nitrogens with one attached hydrogen (secondary N) is 1. The molecule has 3 atom stereocenters. The van der Waals surface area contributed by atoms with Gasteiger partial charge in [0.15, 0.2) is 0 Å². The van der Waals surface area contributed by atoms with E-state index in [0.29, 0.717) is 18.8 Å². The van der Waals surface area contributed by atoms with Crippen LogP contribution >= 0.6 is 0 Å². The summed E-state index contributed by atoms with van der Waals surface area (Å²) < 4.78 is 0. The summed E-state index contributed by atoms with van der Waals surface area (Å²) in [6, 6.07) is 5.86. The van der Waals surface area contributed by atoms with Crippen molar-refractivity contribution in [2.24, 2.45) is 17.8 Å². The van der Waals surface area contributed by atoms with Crippen LogP contribution in [0.1, 0.15) is 37.3 Å². The molecule has 1 aromatic carbocycles. The van der Waals surface area contributed by atoms with E-state index in [1.54, 1.807) is 0 Å². The zero-order valence-electron chi connectivity index (χ0n) is 12.8. The summed E-state index contributed by atoms with van der Waals surface area (Å²) >= 11 is 0. The Hall–Kier alpha value is -1.84. The Balaban J connectivity index is 2.13. The molecule has 0 radical (unpaired) electrons. The Morgan fingerprint density at radius 1 is 1.14 bits per heavy atom. The van der Waals surface area contributed by atoms with E-state index in [1.807, 2.05) is 39.0 Å². The van der Waals surface area contributed by atoms with Crippen LogP contribution < -0.4 is 5.32 Å². The van der Waals surface area contributed by atoms with Gasteiger partial charge in [0.05, 0.1) is 11.8 Å². The van der Waals surface area contributed by atoms with Gasteiger partial charge in [0.25, 0.3) is 0 Å². The van der Waals surface area contributed by atoms with Crippen molar-refractivity contribution >= 4 is 17.6 Å². The van der Waals surface area contributed by atoms with Crippen LogP contribution in [0.2, 0.25) is 0 Å². The van der Waals surface area contributed by atoms with Crippen molar-refractivity contribution < 1.29 is 14.7 Å². The summed E-state index contributed by atoms with van der Waals surface area (Å²) in [5.41, 5.74) is 2.91. The Kier molecular flexibility index (Phi) is 4.66. The van der Waals surface area contributed by atoms with Crippen LogP contribution in [-0.2, 0) is 9.59 Å². The third-order valence-corrected chi connectivity index (χ3v) is 4.38. The molecule has 1 unspecified atom stereocenters. The first-order valence-electron chi connectivity index (χ1n) is 7.52. The Morgan fingerprint density at radius 2 is 1.71 bits per heavy atom. The number of hydrogen-bond donors (Lipinski definition) is 2. The highest BCUT2D eigenvalue weighted by molar-refractivity contribution is 5.95. The highest BCUT2D eigenvalue weighted by atomic mass is 16.4. The number of carboxylic acids is 1. The minimum absolute atomic E-state index is 0.164. The second-order valence-corrected chi connectivity index (χ2v) is 6.16. The van der Waals surface area contributed by atoms with E-state index in [9.17, 15) is 14.7 Å². The normalized spacial score (nSPS) is 24.8. The fraction of sp³-hybridized carbons (Fsp3) is 0.529. The summed E-state index contributed by atoms with van der Waals surface area (Å²) in [6.07, 6.45) is 2.21. The van der Waals surface area contributed by atoms with Crippen LogP contribution in [0.15, 0.2) is 18.2 Å². The van der Waals surface area contributed by atoms with Crippen LogP contribution in [0.4, 0.5) is 5.69 Å². The van der Waals surface area contributed by atoms with Crippen molar-refractivity contribution in [2.75, 3.05) is 5.32 Å². The van der Waals surface area contributed by atoms with Gasteiger partial charge in [-0.05, 0) is 55.9 Å². The van der Waals surface area contributed by atoms with Gasteiger partial charge >= 0.3 is 5.97 Å². The molecular weight excluding hydrogens is 266 g/mol. The van der Waals surface area contributed by atoms with Gasteiger partial charge in [0.1, 0.15) is 0 Å². The molecule has 1 fully saturated rings. The predicted octanol–water partition coefficient (Wildman–Crippen LogP) is 3.38. The van der Waals surface area contributed by atoms with Gasteiger partial charge < -0.3 is 10.4 Å². The molecule has 0 heterocycles. The lowest BCUT2D eigenvalue weighted by molar-refractivity contribution is -0.145. The number of carbonyl (C=O) groups is 2. The molecule has 114 valence electrons. The Morgan fingerprint density at radius 3 is 2.24 bits per heavy atom. The van der Waals surface area contributed by atoms with E-state index < -0.39 is 17.8 Å². The highest BCUT2D eigenvalue weighted by Gasteiger charge is 2.42. The molecule has 1 aliphatic carbocycles. The first-order valence-corrected chi connectivity index (χ1v) is 7.52. The molecule has 2 rings (SSSR count). The summed E-state index contributed by atoms with van der Waals surface area (Å²) in [6.45, 7) is 6.00. The fourth-order valence-electron chi connectivity index (χ4n) is 3.32. The van der Waals surface area contributed by atoms with Gasteiger partial charge in [0.2, 0.25) is 5.91 Å². The van der Waals surface area contributed by atoms with Gasteiger partial charge in [-0.1, -0.05) is 19.4 Å². The van der Waals surface area contributed by atoms with Gasteiger partial charge in [-0.25, -0.2) is 0 Å². The third-order valence-electron chi connectivity index (χ3n) is 4.38. The number of aryl methyl sites for hydroxylation is 2. The maximum absolute atomic E-state index is 12.4. The minimum Gasteiger partial charge on any atom is -0.481 e. The smallest absolute Gasteiger partial charge is 0.307 e. The monoisotopic (exact) mass is 289 g/mol. The average Bonchev–Trinajstić information content (AvgIpc) is 2.81. The maximum Gasteiger partial charge on any atom is 0.307 e. The van der Waals surface area contributed by atoms with E-state index in [1.165, 1.54) is 0 Å². The first-order chi connectivity index (χ1) is 9.90. The second-order valence-electron chi connectivity index (χ2n) is 6.16. The van der Waals surface area contributed by atoms with Crippen molar-refractivity contribution in [3.63, 3.8) is 0 Å². The van der Waals surface area contributed by atoms with Crippen molar-refractivity contribution in [3.8, 4) is 0 Å². The fourth-order valence-corrected chi connectivity index (χ4v) is 3.32. The van der Waals surface area contributed by atoms with Crippen molar-refractivity contribution in [1.29, 1.82) is 0 Å². The SMILES string of the molecule is CCC1C[C@H](C(=O)Nc2cc(C)cc(C)c2)[C@H](C(=O)O)C1. The summed E-state index contributed by atoms with van der Waals surface area (Å²) in [4.78, 5) is 23.8.